The van der Waals surface area contributed by atoms with Crippen LogP contribution in [-0.4, -0.2) is 13.1 Å². The first kappa shape index (κ1) is 12.6. The van der Waals surface area contributed by atoms with Gasteiger partial charge in [-0.2, -0.15) is 0 Å². The van der Waals surface area contributed by atoms with Gasteiger partial charge in [0.25, 0.3) is 0 Å². The lowest BCUT2D eigenvalue weighted by Gasteiger charge is -2.23. The molecule has 0 bridgehead atoms. The summed E-state index contributed by atoms with van der Waals surface area (Å²) in [5.74, 6) is 4.62. The van der Waals surface area contributed by atoms with Crippen molar-refractivity contribution >= 4 is 0 Å². The van der Waals surface area contributed by atoms with E-state index in [9.17, 15) is 0 Å². The molecule has 86 valence electrons. The maximum Gasteiger partial charge on any atom is 0.00927 e. The first-order valence-corrected chi connectivity index (χ1v) is 6.42. The molecule has 3 unspecified atom stereocenters. The molecule has 1 rings (SSSR count). The zero-order chi connectivity index (χ0) is 11.1. The molecule has 0 aromatic heterocycles. The van der Waals surface area contributed by atoms with Crippen LogP contribution in [0.5, 0.6) is 0 Å². The second-order valence-electron chi connectivity index (χ2n) is 4.84. The normalized spacial score (nSPS) is 27.5. The largest absolute Gasteiger partial charge is 0.317 e. The van der Waals surface area contributed by atoms with Crippen molar-refractivity contribution in [3.63, 3.8) is 0 Å². The molecule has 1 heteroatoms. The third kappa shape index (κ3) is 3.87. The van der Waals surface area contributed by atoms with E-state index in [2.05, 4.69) is 25.2 Å². The Morgan fingerprint density at radius 3 is 2.80 bits per heavy atom. The first-order valence-electron chi connectivity index (χ1n) is 6.42. The molecule has 1 N–H and O–H groups in total. The zero-order valence-electron chi connectivity index (χ0n) is 10.3. The Labute approximate surface area is 95.0 Å². The van der Waals surface area contributed by atoms with Crippen molar-refractivity contribution in [3.8, 4) is 12.3 Å². The minimum Gasteiger partial charge on any atom is -0.317 e. The molecule has 0 amide bonds. The minimum absolute atomic E-state index is 0.704. The molecule has 1 nitrogen and oxygen atoms in total. The summed E-state index contributed by atoms with van der Waals surface area (Å²) in [6, 6.07) is 0.704. The highest BCUT2D eigenvalue weighted by atomic mass is 14.9. The van der Waals surface area contributed by atoms with Gasteiger partial charge in [-0.05, 0) is 44.6 Å². The van der Waals surface area contributed by atoms with E-state index in [0.29, 0.717) is 6.04 Å². The van der Waals surface area contributed by atoms with Gasteiger partial charge in [-0.25, -0.2) is 0 Å². The van der Waals surface area contributed by atoms with Crippen molar-refractivity contribution < 1.29 is 0 Å². The van der Waals surface area contributed by atoms with E-state index in [4.69, 9.17) is 6.42 Å². The van der Waals surface area contributed by atoms with Gasteiger partial charge in [-0.3, -0.25) is 0 Å². The fraction of sp³-hybridized carbons (Fsp3) is 0.857. The number of unbranched alkanes of at least 4 members (excludes halogenated alkanes) is 1. The van der Waals surface area contributed by atoms with Crippen LogP contribution >= 0.6 is 0 Å². The van der Waals surface area contributed by atoms with E-state index in [-0.39, 0.29) is 0 Å². The maximum absolute atomic E-state index is 5.28. The molecule has 0 aromatic carbocycles. The summed E-state index contributed by atoms with van der Waals surface area (Å²) >= 11 is 0. The highest BCUT2D eigenvalue weighted by Crippen LogP contribution is 2.35. The highest BCUT2D eigenvalue weighted by molar-refractivity contribution is 4.87. The summed E-state index contributed by atoms with van der Waals surface area (Å²) in [6.07, 6.45) is 14.3. The maximum atomic E-state index is 5.28. The summed E-state index contributed by atoms with van der Waals surface area (Å²) in [6.45, 7) is 2.32. The number of hydrogen-bond acceptors (Lipinski definition) is 1. The molecule has 15 heavy (non-hydrogen) atoms. The van der Waals surface area contributed by atoms with E-state index in [1.807, 2.05) is 0 Å². The average molecular weight is 207 g/mol. The number of rotatable bonds is 6. The molecule has 1 aliphatic carbocycles. The van der Waals surface area contributed by atoms with Crippen molar-refractivity contribution in [2.45, 2.75) is 57.9 Å². The van der Waals surface area contributed by atoms with Crippen LogP contribution in [0.1, 0.15) is 51.9 Å². The molecular formula is C14H25N. The van der Waals surface area contributed by atoms with Crippen LogP contribution in [0.3, 0.4) is 0 Å². The van der Waals surface area contributed by atoms with Gasteiger partial charge in [0, 0.05) is 12.5 Å². The van der Waals surface area contributed by atoms with Gasteiger partial charge in [0.1, 0.15) is 0 Å². The molecule has 0 heterocycles. The van der Waals surface area contributed by atoms with Crippen LogP contribution in [0.2, 0.25) is 0 Å². The molecule has 0 spiro atoms. The van der Waals surface area contributed by atoms with Crippen molar-refractivity contribution in [1.29, 1.82) is 0 Å². The lowest BCUT2D eigenvalue weighted by Crippen LogP contribution is -2.32. The molecule has 0 aliphatic heterocycles. The SMILES string of the molecule is C#CCCCC(NC)C1CCC(CC)C1. The minimum atomic E-state index is 0.704. The summed E-state index contributed by atoms with van der Waals surface area (Å²) in [4.78, 5) is 0. The van der Waals surface area contributed by atoms with Crippen LogP contribution in [0.15, 0.2) is 0 Å². The second kappa shape index (κ2) is 6.90. The van der Waals surface area contributed by atoms with Crippen molar-refractivity contribution in [1.82, 2.24) is 5.32 Å². The van der Waals surface area contributed by atoms with Gasteiger partial charge in [-0.1, -0.05) is 19.8 Å². The van der Waals surface area contributed by atoms with Crippen LogP contribution in [-0.2, 0) is 0 Å². The standard InChI is InChI=1S/C14H25N/c1-4-6-7-8-14(15-3)13-10-9-12(5-2)11-13/h1,12-15H,5-11H2,2-3H3. The Bertz CT molecular complexity index is 204. The van der Waals surface area contributed by atoms with E-state index < -0.39 is 0 Å². The molecule has 0 aromatic rings. The van der Waals surface area contributed by atoms with Crippen molar-refractivity contribution in [3.05, 3.63) is 0 Å². The predicted molar refractivity (Wildman–Crippen MR) is 66.7 cm³/mol. The van der Waals surface area contributed by atoms with Gasteiger partial charge >= 0.3 is 0 Å². The zero-order valence-corrected chi connectivity index (χ0v) is 10.3. The lowest BCUT2D eigenvalue weighted by molar-refractivity contribution is 0.342. The first-order chi connectivity index (χ1) is 7.31. The lowest BCUT2D eigenvalue weighted by atomic mass is 9.92. The topological polar surface area (TPSA) is 12.0 Å². The summed E-state index contributed by atoms with van der Waals surface area (Å²) < 4.78 is 0. The van der Waals surface area contributed by atoms with Crippen LogP contribution in [0.25, 0.3) is 0 Å². The summed E-state index contributed by atoms with van der Waals surface area (Å²) in [5, 5.41) is 3.48. The van der Waals surface area contributed by atoms with Gasteiger partial charge in [0.05, 0.1) is 0 Å². The summed E-state index contributed by atoms with van der Waals surface area (Å²) in [7, 11) is 2.10. The Morgan fingerprint density at radius 1 is 1.47 bits per heavy atom. The van der Waals surface area contributed by atoms with E-state index in [1.165, 1.54) is 38.5 Å². The Balaban J connectivity index is 2.29. The Kier molecular flexibility index (Phi) is 5.79. The van der Waals surface area contributed by atoms with Crippen LogP contribution < -0.4 is 5.32 Å². The third-order valence-corrected chi connectivity index (χ3v) is 3.94. The third-order valence-electron chi connectivity index (χ3n) is 3.94. The summed E-state index contributed by atoms with van der Waals surface area (Å²) in [5.41, 5.74) is 0. The predicted octanol–water partition coefficient (Wildman–Crippen LogP) is 3.20. The molecular weight excluding hydrogens is 182 g/mol. The average Bonchev–Trinajstić information content (AvgIpc) is 2.73. The van der Waals surface area contributed by atoms with Crippen LogP contribution in [0.4, 0.5) is 0 Å². The number of nitrogens with one attached hydrogen (secondary N) is 1. The fourth-order valence-corrected chi connectivity index (χ4v) is 2.89. The highest BCUT2D eigenvalue weighted by Gasteiger charge is 2.28. The molecule has 1 aliphatic rings. The van der Waals surface area contributed by atoms with Crippen LogP contribution in [0, 0.1) is 24.2 Å². The number of hydrogen-bond donors (Lipinski definition) is 1. The molecule has 0 saturated heterocycles. The molecule has 0 radical (unpaired) electrons. The Morgan fingerprint density at radius 2 is 2.27 bits per heavy atom. The van der Waals surface area contributed by atoms with E-state index in [0.717, 1.165) is 18.3 Å². The van der Waals surface area contributed by atoms with Crippen molar-refractivity contribution in [2.75, 3.05) is 7.05 Å². The molecule has 1 fully saturated rings. The van der Waals surface area contributed by atoms with E-state index >= 15 is 0 Å². The molecule has 1 saturated carbocycles. The van der Waals surface area contributed by atoms with Gasteiger partial charge in [-0.15, -0.1) is 12.3 Å². The van der Waals surface area contributed by atoms with Gasteiger partial charge < -0.3 is 5.32 Å². The Hall–Kier alpha value is -0.480. The van der Waals surface area contributed by atoms with E-state index in [1.54, 1.807) is 0 Å². The smallest absolute Gasteiger partial charge is 0.00927 e. The van der Waals surface area contributed by atoms with Gasteiger partial charge in [0.15, 0.2) is 0 Å². The second-order valence-corrected chi connectivity index (χ2v) is 4.84. The van der Waals surface area contributed by atoms with Crippen molar-refractivity contribution in [2.24, 2.45) is 11.8 Å². The fourth-order valence-electron chi connectivity index (χ4n) is 2.89. The monoisotopic (exact) mass is 207 g/mol. The molecule has 3 atom stereocenters. The van der Waals surface area contributed by atoms with Gasteiger partial charge in [0.2, 0.25) is 0 Å². The number of terminal acetylenes is 1. The quantitative estimate of drug-likeness (QED) is 0.521.